The summed E-state index contributed by atoms with van der Waals surface area (Å²) in [4.78, 5) is 49.7. The van der Waals surface area contributed by atoms with E-state index in [1.54, 1.807) is 23.1 Å². The van der Waals surface area contributed by atoms with E-state index in [9.17, 15) is 14.4 Å². The molecular weight excluding hydrogens is 540 g/mol. The van der Waals surface area contributed by atoms with E-state index in [2.05, 4.69) is 11.9 Å². The average molecular weight is 575 g/mol. The molecular formula is C31H35ClN6O3. The Labute approximate surface area is 245 Å². The lowest BCUT2D eigenvalue weighted by molar-refractivity contribution is -0.126. The van der Waals surface area contributed by atoms with E-state index in [-0.39, 0.29) is 23.8 Å². The molecule has 1 N–H and O–H groups in total. The Balaban J connectivity index is 1.50. The van der Waals surface area contributed by atoms with E-state index in [1.807, 2.05) is 58.8 Å². The highest BCUT2D eigenvalue weighted by Crippen LogP contribution is 2.36. The molecule has 0 spiro atoms. The fraction of sp³-hybridized carbons (Fsp3) is 0.355. The predicted octanol–water partition coefficient (Wildman–Crippen LogP) is 4.69. The molecule has 1 fully saturated rings. The Bertz CT molecular complexity index is 1530. The molecule has 5 rings (SSSR count). The number of rotatable bonds is 7. The average Bonchev–Trinajstić information content (AvgIpc) is 3.46. The molecule has 3 heterocycles. The molecule has 0 saturated carbocycles. The molecule has 0 bridgehead atoms. The highest BCUT2D eigenvalue weighted by molar-refractivity contribution is 6.35. The Morgan fingerprint density at radius 1 is 1.12 bits per heavy atom. The minimum atomic E-state index is -0.369. The summed E-state index contributed by atoms with van der Waals surface area (Å²) in [7, 11) is 3.91. The van der Waals surface area contributed by atoms with Gasteiger partial charge in [0.15, 0.2) is 0 Å². The zero-order valence-corrected chi connectivity index (χ0v) is 24.2. The molecule has 41 heavy (non-hydrogen) atoms. The Morgan fingerprint density at radius 2 is 1.93 bits per heavy atom. The van der Waals surface area contributed by atoms with Crippen LogP contribution in [0.1, 0.15) is 41.2 Å². The number of amides is 3. The molecule has 9 nitrogen and oxygen atoms in total. The van der Waals surface area contributed by atoms with Crippen molar-refractivity contribution >= 4 is 52.0 Å². The monoisotopic (exact) mass is 574 g/mol. The number of fused-ring (bicyclic) bond motifs is 2. The molecule has 2 aromatic carbocycles. The van der Waals surface area contributed by atoms with Crippen molar-refractivity contribution in [3.63, 3.8) is 0 Å². The minimum Gasteiger partial charge on any atom is -0.337 e. The third-order valence-electron chi connectivity index (χ3n) is 7.62. The molecule has 1 saturated heterocycles. The van der Waals surface area contributed by atoms with Crippen molar-refractivity contribution in [1.29, 1.82) is 0 Å². The molecule has 0 unspecified atom stereocenters. The van der Waals surface area contributed by atoms with Crippen molar-refractivity contribution in [3.05, 3.63) is 77.4 Å². The first-order chi connectivity index (χ1) is 19.8. The Kier molecular flexibility index (Phi) is 8.56. The number of nitrogens with one attached hydrogen (secondary N) is 1. The maximum atomic E-state index is 13.8. The smallest absolute Gasteiger partial charge is 0.260 e. The third kappa shape index (κ3) is 5.92. The summed E-state index contributed by atoms with van der Waals surface area (Å²) in [5, 5.41) is 3.55. The summed E-state index contributed by atoms with van der Waals surface area (Å²) < 4.78 is 1.97. The van der Waals surface area contributed by atoms with Gasteiger partial charge in [0.1, 0.15) is 0 Å². The highest BCUT2D eigenvalue weighted by atomic mass is 35.5. The van der Waals surface area contributed by atoms with Crippen LogP contribution in [-0.2, 0) is 16.0 Å². The van der Waals surface area contributed by atoms with Gasteiger partial charge in [0.25, 0.3) is 5.91 Å². The van der Waals surface area contributed by atoms with E-state index in [0.717, 1.165) is 24.8 Å². The van der Waals surface area contributed by atoms with Crippen LogP contribution >= 0.6 is 11.6 Å². The number of likely N-dealkylation sites (N-methyl/N-ethyl adjacent to an activating group) is 1. The van der Waals surface area contributed by atoms with Gasteiger partial charge < -0.3 is 19.3 Å². The van der Waals surface area contributed by atoms with E-state index < -0.39 is 0 Å². The van der Waals surface area contributed by atoms with Crippen LogP contribution < -0.4 is 10.2 Å². The van der Waals surface area contributed by atoms with Gasteiger partial charge in [0, 0.05) is 32.3 Å². The first kappa shape index (κ1) is 28.6. The number of benzene rings is 2. The number of halogens is 1. The zero-order valence-electron chi connectivity index (χ0n) is 23.5. The number of nitrogens with zero attached hydrogens (tertiary/aromatic N) is 5. The van der Waals surface area contributed by atoms with Gasteiger partial charge in [-0.1, -0.05) is 42.5 Å². The first-order valence-corrected chi connectivity index (χ1v) is 14.3. The van der Waals surface area contributed by atoms with Gasteiger partial charge in [0.05, 0.1) is 33.3 Å². The number of anilines is 2. The van der Waals surface area contributed by atoms with Crippen LogP contribution in [0, 0.1) is 0 Å². The molecule has 214 valence electrons. The summed E-state index contributed by atoms with van der Waals surface area (Å²) in [5.41, 5.74) is 3.30. The van der Waals surface area contributed by atoms with Crippen LogP contribution in [0.2, 0.25) is 5.02 Å². The largest absolute Gasteiger partial charge is 0.337 e. The van der Waals surface area contributed by atoms with E-state index in [4.69, 9.17) is 16.6 Å². The second kappa shape index (κ2) is 12.3. The van der Waals surface area contributed by atoms with Crippen molar-refractivity contribution in [3.8, 4) is 0 Å². The first-order valence-electron chi connectivity index (χ1n) is 13.9. The van der Waals surface area contributed by atoms with Gasteiger partial charge in [-0.05, 0) is 69.6 Å². The number of hydrogen-bond donors (Lipinski definition) is 1. The number of para-hydroxylation sites is 2. The molecule has 2 aliphatic heterocycles. The van der Waals surface area contributed by atoms with Crippen molar-refractivity contribution in [2.45, 2.75) is 31.7 Å². The van der Waals surface area contributed by atoms with Gasteiger partial charge in [-0.3, -0.25) is 19.7 Å². The molecule has 0 aliphatic carbocycles. The maximum Gasteiger partial charge on any atom is 0.260 e. The summed E-state index contributed by atoms with van der Waals surface area (Å²) in [5.74, 6) is -0.290. The van der Waals surface area contributed by atoms with Crippen LogP contribution in [0.4, 0.5) is 11.6 Å². The van der Waals surface area contributed by atoms with Crippen molar-refractivity contribution < 1.29 is 14.4 Å². The summed E-state index contributed by atoms with van der Waals surface area (Å²) in [6.07, 6.45) is 8.03. The molecule has 1 aromatic heterocycles. The van der Waals surface area contributed by atoms with Crippen LogP contribution in [-0.4, -0.2) is 77.3 Å². The standard InChI is InChI=1S/C31H35ClN6O3/c1-4-26(39)37-19-16-21-10-7-12-23(28(21)37)30(41)34-31-33-25-14-8-13-24(32)29(25)38(31)22-11-5-6-18-36(20-22)27(40)15-9-17-35(2)3/h4,7-10,12-15,22H,1,5-6,11,16-20H2,2-3H3,(H,33,34,41)/b15-9+/t22-/m1/s1. The van der Waals surface area contributed by atoms with Gasteiger partial charge >= 0.3 is 0 Å². The van der Waals surface area contributed by atoms with E-state index >= 15 is 0 Å². The lowest BCUT2D eigenvalue weighted by Gasteiger charge is -2.26. The van der Waals surface area contributed by atoms with Crippen LogP contribution in [0.15, 0.2) is 61.2 Å². The molecule has 1 atom stereocenters. The van der Waals surface area contributed by atoms with Gasteiger partial charge in [-0.15, -0.1) is 0 Å². The number of aromatic nitrogens is 2. The van der Waals surface area contributed by atoms with Crippen LogP contribution in [0.5, 0.6) is 0 Å². The second-order valence-corrected chi connectivity index (χ2v) is 11.1. The van der Waals surface area contributed by atoms with Crippen LogP contribution in [0.3, 0.4) is 0 Å². The highest BCUT2D eigenvalue weighted by Gasteiger charge is 2.31. The quantitative estimate of drug-likeness (QED) is 0.414. The topological polar surface area (TPSA) is 90.8 Å². The SMILES string of the molecule is C=CC(=O)N1CCc2cccc(C(=O)Nc3nc4cccc(Cl)c4n3[C@@H]3CCCCN(C(=O)/C=C/CN(C)C)C3)c21. The van der Waals surface area contributed by atoms with E-state index in [0.29, 0.717) is 65.9 Å². The molecule has 0 radical (unpaired) electrons. The normalized spacial score (nSPS) is 17.2. The summed E-state index contributed by atoms with van der Waals surface area (Å²) >= 11 is 6.71. The van der Waals surface area contributed by atoms with Crippen molar-refractivity contribution in [1.82, 2.24) is 19.4 Å². The Hall–Kier alpha value is -3.95. The zero-order chi connectivity index (χ0) is 29.1. The van der Waals surface area contributed by atoms with Gasteiger partial charge in [-0.25, -0.2) is 4.98 Å². The third-order valence-corrected chi connectivity index (χ3v) is 7.93. The lowest BCUT2D eigenvalue weighted by Crippen LogP contribution is -2.35. The molecule has 3 amide bonds. The lowest BCUT2D eigenvalue weighted by atomic mass is 10.1. The maximum absolute atomic E-state index is 13.8. The second-order valence-electron chi connectivity index (χ2n) is 10.7. The molecule has 10 heteroatoms. The number of carbonyl (C=O) groups excluding carboxylic acids is 3. The predicted molar refractivity (Wildman–Crippen MR) is 163 cm³/mol. The minimum absolute atomic E-state index is 0.0355. The van der Waals surface area contributed by atoms with E-state index in [1.165, 1.54) is 6.08 Å². The fourth-order valence-corrected chi connectivity index (χ4v) is 5.95. The van der Waals surface area contributed by atoms with Crippen LogP contribution in [0.25, 0.3) is 11.0 Å². The summed E-state index contributed by atoms with van der Waals surface area (Å²) in [6.45, 7) is 5.91. The fourth-order valence-electron chi connectivity index (χ4n) is 5.69. The Morgan fingerprint density at radius 3 is 2.71 bits per heavy atom. The number of imidazole rings is 1. The molecule has 2 aliphatic rings. The number of likely N-dealkylation sites (tertiary alicyclic amines) is 1. The summed E-state index contributed by atoms with van der Waals surface area (Å²) in [6, 6.07) is 10.8. The molecule has 3 aromatic rings. The number of hydrogen-bond acceptors (Lipinski definition) is 5. The van der Waals surface area contributed by atoms with Crippen molar-refractivity contribution in [2.24, 2.45) is 0 Å². The van der Waals surface area contributed by atoms with Gasteiger partial charge in [-0.2, -0.15) is 0 Å². The van der Waals surface area contributed by atoms with Gasteiger partial charge in [0.2, 0.25) is 17.8 Å². The number of carbonyl (C=O) groups is 3. The van der Waals surface area contributed by atoms with Crippen molar-refractivity contribution in [2.75, 3.05) is 50.5 Å².